The third-order valence-corrected chi connectivity index (χ3v) is 5.22. The maximum absolute atomic E-state index is 12.6. The molecule has 18 heavy (non-hydrogen) atoms. The van der Waals surface area contributed by atoms with Crippen LogP contribution >= 0.6 is 0 Å². The minimum atomic E-state index is -1.10. The van der Waals surface area contributed by atoms with E-state index >= 15 is 0 Å². The smallest absolute Gasteiger partial charge is 0.0674 e. The van der Waals surface area contributed by atoms with Gasteiger partial charge in [0.15, 0.2) is 0 Å². The molecule has 0 aromatic heterocycles. The van der Waals surface area contributed by atoms with Crippen molar-refractivity contribution in [3.8, 4) is 6.07 Å². The van der Waals surface area contributed by atoms with Gasteiger partial charge in [0.25, 0.3) is 0 Å². The lowest BCUT2D eigenvalue weighted by Crippen LogP contribution is -2.31. The Morgan fingerprint density at radius 1 is 1.33 bits per heavy atom. The minimum absolute atomic E-state index is 0.0855. The second kappa shape index (κ2) is 5.49. The van der Waals surface area contributed by atoms with E-state index < -0.39 is 10.8 Å². The molecular weight excluding hydrogens is 242 g/mol. The Morgan fingerprint density at radius 2 is 2.00 bits per heavy atom. The van der Waals surface area contributed by atoms with Crippen molar-refractivity contribution in [3.05, 3.63) is 42.0 Å². The van der Waals surface area contributed by atoms with E-state index in [1.807, 2.05) is 38.1 Å². The van der Waals surface area contributed by atoms with Gasteiger partial charge in [-0.15, -0.1) is 0 Å². The number of benzene rings is 1. The summed E-state index contributed by atoms with van der Waals surface area (Å²) in [6.45, 7) is 4.03. The average molecular weight is 259 g/mol. The van der Waals surface area contributed by atoms with Crippen LogP contribution in [0.5, 0.6) is 0 Å². The number of nitrogens with zero attached hydrogens (tertiary/aromatic N) is 1. The molecule has 0 amide bonds. The zero-order valence-corrected chi connectivity index (χ0v) is 11.5. The molecule has 0 aliphatic heterocycles. The largest absolute Gasteiger partial charge is 0.254 e. The van der Waals surface area contributed by atoms with E-state index in [4.69, 9.17) is 0 Å². The molecular formula is C15H17NOS. The van der Waals surface area contributed by atoms with E-state index in [-0.39, 0.29) is 17.1 Å². The zero-order chi connectivity index (χ0) is 13.1. The Labute approximate surface area is 111 Å². The first-order valence-electron chi connectivity index (χ1n) is 6.17. The SMILES string of the molecule is Cc1ccc([S@](=O)[C@H]2CC=C[C@H](C)[C@H]2C#N)cc1. The monoisotopic (exact) mass is 259 g/mol. The summed E-state index contributed by atoms with van der Waals surface area (Å²) in [7, 11) is -1.10. The van der Waals surface area contributed by atoms with Crippen LogP contribution in [-0.4, -0.2) is 9.46 Å². The maximum Gasteiger partial charge on any atom is 0.0674 e. The summed E-state index contributed by atoms with van der Waals surface area (Å²) in [6.07, 6.45) is 4.83. The van der Waals surface area contributed by atoms with Crippen LogP contribution in [0.2, 0.25) is 0 Å². The van der Waals surface area contributed by atoms with Crippen LogP contribution < -0.4 is 0 Å². The van der Waals surface area contributed by atoms with E-state index in [1.165, 1.54) is 0 Å². The van der Waals surface area contributed by atoms with Crippen molar-refractivity contribution in [2.75, 3.05) is 0 Å². The molecule has 94 valence electrons. The minimum Gasteiger partial charge on any atom is -0.254 e. The predicted octanol–water partition coefficient (Wildman–Crippen LogP) is 3.21. The molecule has 0 fully saturated rings. The number of allylic oxidation sites excluding steroid dienone is 2. The van der Waals surface area contributed by atoms with Crippen LogP contribution in [0, 0.1) is 30.1 Å². The van der Waals surface area contributed by atoms with Crippen LogP contribution in [0.25, 0.3) is 0 Å². The summed E-state index contributed by atoms with van der Waals surface area (Å²) in [4.78, 5) is 0.827. The van der Waals surface area contributed by atoms with Crippen molar-refractivity contribution in [1.82, 2.24) is 0 Å². The molecule has 0 spiro atoms. The molecule has 0 unspecified atom stereocenters. The van der Waals surface area contributed by atoms with Crippen LogP contribution in [0.15, 0.2) is 41.3 Å². The molecule has 0 radical (unpaired) electrons. The first kappa shape index (κ1) is 13.0. The fraction of sp³-hybridized carbons (Fsp3) is 0.400. The van der Waals surface area contributed by atoms with Gasteiger partial charge in [-0.1, -0.05) is 36.8 Å². The molecule has 2 rings (SSSR count). The van der Waals surface area contributed by atoms with Gasteiger partial charge in [0.05, 0.1) is 28.0 Å². The highest BCUT2D eigenvalue weighted by Crippen LogP contribution is 2.30. The van der Waals surface area contributed by atoms with Crippen LogP contribution in [0.4, 0.5) is 0 Å². The lowest BCUT2D eigenvalue weighted by Gasteiger charge is -2.27. The van der Waals surface area contributed by atoms with Gasteiger partial charge in [-0.3, -0.25) is 4.21 Å². The van der Waals surface area contributed by atoms with Gasteiger partial charge in [0.1, 0.15) is 0 Å². The highest BCUT2D eigenvalue weighted by atomic mass is 32.2. The first-order valence-corrected chi connectivity index (χ1v) is 7.38. The average Bonchev–Trinajstić information content (AvgIpc) is 2.38. The molecule has 4 atom stereocenters. The highest BCUT2D eigenvalue weighted by molar-refractivity contribution is 7.85. The Hall–Kier alpha value is -1.40. The Balaban J connectivity index is 2.26. The standard InChI is InChI=1S/C15H17NOS/c1-11-6-8-13(9-7-11)18(17)15-5-3-4-12(2)14(15)10-16/h3-4,6-9,12,14-15H,5H2,1-2H3/t12-,14+,15-,18-/m0/s1. The molecule has 0 saturated carbocycles. The molecule has 1 aliphatic carbocycles. The quantitative estimate of drug-likeness (QED) is 0.765. The summed E-state index contributed by atoms with van der Waals surface area (Å²) < 4.78 is 12.6. The van der Waals surface area contributed by atoms with Gasteiger partial charge in [0, 0.05) is 4.90 Å². The summed E-state index contributed by atoms with van der Waals surface area (Å²) in [6, 6.07) is 10.1. The number of rotatable bonds is 2. The van der Waals surface area contributed by atoms with Crippen molar-refractivity contribution in [2.45, 2.75) is 30.4 Å². The van der Waals surface area contributed by atoms with Gasteiger partial charge in [-0.05, 0) is 31.4 Å². The molecule has 1 aliphatic rings. The van der Waals surface area contributed by atoms with Gasteiger partial charge in [-0.25, -0.2) is 0 Å². The molecule has 1 aromatic rings. The molecule has 0 saturated heterocycles. The molecule has 2 nitrogen and oxygen atoms in total. The topological polar surface area (TPSA) is 40.9 Å². The molecule has 0 heterocycles. The van der Waals surface area contributed by atoms with Gasteiger partial charge in [-0.2, -0.15) is 5.26 Å². The summed E-state index contributed by atoms with van der Waals surface area (Å²) in [5.74, 6) is 0.0280. The molecule has 1 aromatic carbocycles. The lowest BCUT2D eigenvalue weighted by molar-refractivity contribution is 0.472. The van der Waals surface area contributed by atoms with Gasteiger partial charge in [0.2, 0.25) is 0 Å². The van der Waals surface area contributed by atoms with E-state index in [1.54, 1.807) is 0 Å². The van der Waals surface area contributed by atoms with E-state index in [9.17, 15) is 9.47 Å². The molecule has 3 heteroatoms. The van der Waals surface area contributed by atoms with Crippen LogP contribution in [0.3, 0.4) is 0 Å². The molecule has 0 N–H and O–H groups in total. The van der Waals surface area contributed by atoms with Gasteiger partial charge >= 0.3 is 0 Å². The normalized spacial score (nSPS) is 28.6. The zero-order valence-electron chi connectivity index (χ0n) is 10.7. The van der Waals surface area contributed by atoms with Crippen molar-refractivity contribution >= 4 is 10.8 Å². The van der Waals surface area contributed by atoms with Crippen molar-refractivity contribution in [2.24, 2.45) is 11.8 Å². The van der Waals surface area contributed by atoms with E-state index in [0.29, 0.717) is 0 Å². The van der Waals surface area contributed by atoms with Crippen molar-refractivity contribution in [3.63, 3.8) is 0 Å². The second-order valence-corrected chi connectivity index (χ2v) is 6.50. The number of hydrogen-bond acceptors (Lipinski definition) is 2. The first-order chi connectivity index (χ1) is 8.63. The van der Waals surface area contributed by atoms with Crippen molar-refractivity contribution in [1.29, 1.82) is 5.26 Å². The van der Waals surface area contributed by atoms with E-state index in [2.05, 4.69) is 18.2 Å². The molecule has 0 bridgehead atoms. The Bertz CT molecular complexity index is 512. The van der Waals surface area contributed by atoms with Gasteiger partial charge < -0.3 is 0 Å². The number of hydrogen-bond donors (Lipinski definition) is 0. The maximum atomic E-state index is 12.6. The number of nitriles is 1. The summed E-state index contributed by atoms with van der Waals surface area (Å²) in [5.41, 5.74) is 1.16. The fourth-order valence-electron chi connectivity index (χ4n) is 2.30. The third kappa shape index (κ3) is 2.54. The van der Waals surface area contributed by atoms with Crippen molar-refractivity contribution < 1.29 is 4.21 Å². The van der Waals surface area contributed by atoms with Crippen LogP contribution in [-0.2, 0) is 10.8 Å². The fourth-order valence-corrected chi connectivity index (χ4v) is 3.92. The Kier molecular flexibility index (Phi) is 3.98. The summed E-state index contributed by atoms with van der Waals surface area (Å²) in [5, 5.41) is 9.17. The number of aryl methyl sites for hydroxylation is 1. The summed E-state index contributed by atoms with van der Waals surface area (Å²) >= 11 is 0. The Morgan fingerprint density at radius 3 is 2.61 bits per heavy atom. The second-order valence-electron chi connectivity index (χ2n) is 4.83. The van der Waals surface area contributed by atoms with Crippen LogP contribution in [0.1, 0.15) is 18.9 Å². The van der Waals surface area contributed by atoms with E-state index in [0.717, 1.165) is 16.9 Å². The predicted molar refractivity (Wildman–Crippen MR) is 73.4 cm³/mol. The third-order valence-electron chi connectivity index (χ3n) is 3.45. The highest BCUT2D eigenvalue weighted by Gasteiger charge is 2.32. The lowest BCUT2D eigenvalue weighted by atomic mass is 9.86.